The zero-order valence-corrected chi connectivity index (χ0v) is 19.1. The molecule has 0 spiro atoms. The normalized spacial score (nSPS) is 19.0. The summed E-state index contributed by atoms with van der Waals surface area (Å²) in [6.07, 6.45) is 0.128. The first kappa shape index (κ1) is 27.4. The molecule has 0 atom stereocenters. The SMILES string of the molecule is CN(C(=O)Oc1ccc(C(F)(F)F)cc1)C1CCC(OCCCCN(CCO)CCO)CC1. The molecule has 1 aromatic rings. The highest BCUT2D eigenvalue weighted by molar-refractivity contribution is 5.70. The Bertz CT molecular complexity index is 688. The van der Waals surface area contributed by atoms with Gasteiger partial charge in [-0.3, -0.25) is 4.90 Å². The van der Waals surface area contributed by atoms with E-state index in [1.165, 1.54) is 4.90 Å². The zero-order valence-electron chi connectivity index (χ0n) is 19.1. The maximum absolute atomic E-state index is 12.6. The number of hydrogen-bond donors (Lipinski definition) is 2. The summed E-state index contributed by atoms with van der Waals surface area (Å²) in [7, 11) is 1.64. The molecule has 10 heteroatoms. The molecule has 2 rings (SSSR count). The molecule has 1 saturated carbocycles. The summed E-state index contributed by atoms with van der Waals surface area (Å²) in [6, 6.07) is 4.07. The Hall–Kier alpha value is -1.88. The molecule has 0 saturated heterocycles. The minimum atomic E-state index is -4.43. The maximum Gasteiger partial charge on any atom is 0.416 e. The summed E-state index contributed by atoms with van der Waals surface area (Å²) in [5.41, 5.74) is -0.790. The van der Waals surface area contributed by atoms with E-state index in [-0.39, 0.29) is 31.1 Å². The number of aliphatic hydroxyl groups excluding tert-OH is 2. The first-order valence-electron chi connectivity index (χ1n) is 11.4. The third kappa shape index (κ3) is 9.48. The van der Waals surface area contributed by atoms with Gasteiger partial charge in [0.2, 0.25) is 0 Å². The molecule has 1 fully saturated rings. The quantitative estimate of drug-likeness (QED) is 0.449. The lowest BCUT2D eigenvalue weighted by Crippen LogP contribution is -2.42. The molecule has 0 unspecified atom stereocenters. The van der Waals surface area contributed by atoms with Crippen molar-refractivity contribution in [3.8, 4) is 5.75 Å². The summed E-state index contributed by atoms with van der Waals surface area (Å²) >= 11 is 0. The van der Waals surface area contributed by atoms with Gasteiger partial charge in [0.25, 0.3) is 0 Å². The van der Waals surface area contributed by atoms with Gasteiger partial charge in [0.05, 0.1) is 24.9 Å². The van der Waals surface area contributed by atoms with Crippen LogP contribution in [-0.2, 0) is 10.9 Å². The van der Waals surface area contributed by atoms with Crippen LogP contribution in [0, 0.1) is 0 Å². The second-order valence-corrected chi connectivity index (χ2v) is 8.30. The van der Waals surface area contributed by atoms with Crippen LogP contribution in [0.15, 0.2) is 24.3 Å². The third-order valence-electron chi connectivity index (χ3n) is 5.92. The van der Waals surface area contributed by atoms with Crippen LogP contribution in [-0.4, -0.2) is 84.8 Å². The molecule has 33 heavy (non-hydrogen) atoms. The lowest BCUT2D eigenvalue weighted by Gasteiger charge is -2.34. The predicted octanol–water partition coefficient (Wildman–Crippen LogP) is 3.53. The Morgan fingerprint density at radius 1 is 1.00 bits per heavy atom. The fourth-order valence-corrected chi connectivity index (χ4v) is 3.94. The van der Waals surface area contributed by atoms with Crippen molar-refractivity contribution >= 4 is 6.09 Å². The van der Waals surface area contributed by atoms with Crippen molar-refractivity contribution in [1.82, 2.24) is 9.80 Å². The van der Waals surface area contributed by atoms with Gasteiger partial charge < -0.3 is 24.6 Å². The number of carbonyl (C=O) groups excluding carboxylic acids is 1. The van der Waals surface area contributed by atoms with Crippen molar-refractivity contribution in [2.75, 3.05) is 46.5 Å². The van der Waals surface area contributed by atoms with Crippen LogP contribution >= 0.6 is 0 Å². The average Bonchev–Trinajstić information content (AvgIpc) is 2.79. The summed E-state index contributed by atoms with van der Waals surface area (Å²) in [4.78, 5) is 15.9. The largest absolute Gasteiger partial charge is 0.416 e. The van der Waals surface area contributed by atoms with E-state index in [2.05, 4.69) is 0 Å². The van der Waals surface area contributed by atoms with Crippen LogP contribution < -0.4 is 4.74 Å². The number of halogens is 3. The van der Waals surface area contributed by atoms with Crippen molar-refractivity contribution in [3.05, 3.63) is 29.8 Å². The first-order chi connectivity index (χ1) is 15.7. The van der Waals surface area contributed by atoms with Crippen molar-refractivity contribution in [3.63, 3.8) is 0 Å². The second-order valence-electron chi connectivity index (χ2n) is 8.30. The minimum Gasteiger partial charge on any atom is -0.410 e. The number of aliphatic hydroxyl groups is 2. The van der Waals surface area contributed by atoms with Crippen LogP contribution in [0.1, 0.15) is 44.1 Å². The van der Waals surface area contributed by atoms with Crippen LogP contribution in [0.25, 0.3) is 0 Å². The summed E-state index contributed by atoms with van der Waals surface area (Å²) < 4.78 is 49.1. The van der Waals surface area contributed by atoms with E-state index >= 15 is 0 Å². The lowest BCUT2D eigenvalue weighted by molar-refractivity contribution is -0.137. The molecule has 0 bridgehead atoms. The standard InChI is InChI=1S/C23H35F3N2O5/c1-27(22(31)33-21-8-4-18(5-9-21)23(24,25)26)19-6-10-20(11-7-19)32-17-3-2-12-28(13-15-29)14-16-30/h4-5,8-9,19-20,29-30H,2-3,6-7,10-17H2,1H3. The highest BCUT2D eigenvalue weighted by atomic mass is 19.4. The third-order valence-corrected chi connectivity index (χ3v) is 5.92. The number of amides is 1. The van der Waals surface area contributed by atoms with Gasteiger partial charge in [0.1, 0.15) is 5.75 Å². The van der Waals surface area contributed by atoms with E-state index in [1.807, 2.05) is 4.90 Å². The highest BCUT2D eigenvalue weighted by Gasteiger charge is 2.31. The van der Waals surface area contributed by atoms with Gasteiger partial charge in [-0.1, -0.05) is 0 Å². The van der Waals surface area contributed by atoms with E-state index in [4.69, 9.17) is 19.7 Å². The van der Waals surface area contributed by atoms with Gasteiger partial charge in [-0.05, 0) is 69.3 Å². The van der Waals surface area contributed by atoms with Crippen LogP contribution in [0.3, 0.4) is 0 Å². The number of hydrogen-bond acceptors (Lipinski definition) is 6. The number of unbranched alkanes of at least 4 members (excludes halogenated alkanes) is 1. The molecular weight excluding hydrogens is 441 g/mol. The van der Waals surface area contributed by atoms with Gasteiger partial charge in [-0.25, -0.2) is 4.79 Å². The van der Waals surface area contributed by atoms with E-state index in [0.29, 0.717) is 19.7 Å². The monoisotopic (exact) mass is 476 g/mol. The molecule has 0 heterocycles. The number of ether oxygens (including phenoxy) is 2. The fraction of sp³-hybridized carbons (Fsp3) is 0.696. The summed E-state index contributed by atoms with van der Waals surface area (Å²) in [6.45, 7) is 2.72. The van der Waals surface area contributed by atoms with Crippen molar-refractivity contribution in [2.24, 2.45) is 0 Å². The fourth-order valence-electron chi connectivity index (χ4n) is 3.94. The van der Waals surface area contributed by atoms with Gasteiger partial charge in [0.15, 0.2) is 0 Å². The van der Waals surface area contributed by atoms with Gasteiger partial charge >= 0.3 is 12.3 Å². The molecule has 1 aromatic carbocycles. The summed E-state index contributed by atoms with van der Waals surface area (Å²) in [5, 5.41) is 18.0. The molecule has 0 radical (unpaired) electrons. The van der Waals surface area contributed by atoms with E-state index < -0.39 is 17.8 Å². The molecule has 7 nitrogen and oxygen atoms in total. The Kier molecular flexibility index (Phi) is 11.4. The molecule has 1 amide bonds. The predicted molar refractivity (Wildman–Crippen MR) is 117 cm³/mol. The van der Waals surface area contributed by atoms with Crippen molar-refractivity contribution < 1.29 is 37.7 Å². The smallest absolute Gasteiger partial charge is 0.410 e. The van der Waals surface area contributed by atoms with E-state index in [0.717, 1.165) is 69.3 Å². The molecular formula is C23H35F3N2O5. The molecule has 0 aromatic heterocycles. The topological polar surface area (TPSA) is 82.5 Å². The maximum atomic E-state index is 12.6. The Labute approximate surface area is 193 Å². The van der Waals surface area contributed by atoms with Crippen LogP contribution in [0.2, 0.25) is 0 Å². The second kappa shape index (κ2) is 13.7. The van der Waals surface area contributed by atoms with E-state index in [9.17, 15) is 18.0 Å². The molecule has 1 aliphatic carbocycles. The molecule has 188 valence electrons. The van der Waals surface area contributed by atoms with Crippen LogP contribution in [0.5, 0.6) is 5.75 Å². The van der Waals surface area contributed by atoms with Crippen LogP contribution in [0.4, 0.5) is 18.0 Å². The Balaban J connectivity index is 1.65. The first-order valence-corrected chi connectivity index (χ1v) is 11.4. The van der Waals surface area contributed by atoms with Gasteiger partial charge in [-0.15, -0.1) is 0 Å². The number of carbonyl (C=O) groups is 1. The number of alkyl halides is 3. The number of benzene rings is 1. The summed E-state index contributed by atoms with van der Waals surface area (Å²) in [5.74, 6) is 0.0772. The number of rotatable bonds is 12. The van der Waals surface area contributed by atoms with Gasteiger partial charge in [0, 0.05) is 32.8 Å². The van der Waals surface area contributed by atoms with E-state index in [1.54, 1.807) is 7.05 Å². The molecule has 2 N–H and O–H groups in total. The average molecular weight is 477 g/mol. The Morgan fingerprint density at radius 3 is 2.15 bits per heavy atom. The molecule has 1 aliphatic rings. The zero-order chi connectivity index (χ0) is 24.3. The highest BCUT2D eigenvalue weighted by Crippen LogP contribution is 2.30. The number of nitrogens with zero attached hydrogens (tertiary/aromatic N) is 2. The molecule has 0 aliphatic heterocycles. The van der Waals surface area contributed by atoms with Crippen molar-refractivity contribution in [2.45, 2.75) is 56.8 Å². The lowest BCUT2D eigenvalue weighted by atomic mass is 9.92. The minimum absolute atomic E-state index is 0.00248. The Morgan fingerprint density at radius 2 is 1.61 bits per heavy atom. The van der Waals surface area contributed by atoms with Crippen molar-refractivity contribution in [1.29, 1.82) is 0 Å². The van der Waals surface area contributed by atoms with Gasteiger partial charge in [-0.2, -0.15) is 13.2 Å².